The number of ether oxygens (including phenoxy) is 1. The van der Waals surface area contributed by atoms with E-state index >= 15 is 0 Å². The second-order valence-electron chi connectivity index (χ2n) is 6.05. The van der Waals surface area contributed by atoms with Crippen molar-refractivity contribution in [2.75, 3.05) is 7.11 Å². The molecule has 0 heterocycles. The van der Waals surface area contributed by atoms with Gasteiger partial charge in [-0.15, -0.1) is 0 Å². The third-order valence-electron chi connectivity index (χ3n) is 4.92. The molecular formula is C17H20BrNO2. The summed E-state index contributed by atoms with van der Waals surface area (Å²) in [6, 6.07) is 2.19. The summed E-state index contributed by atoms with van der Waals surface area (Å²) in [5, 5.41) is 0. The summed E-state index contributed by atoms with van der Waals surface area (Å²) < 4.78 is 6.65. The third kappa shape index (κ3) is 2.45. The van der Waals surface area contributed by atoms with Crippen LogP contribution in [0, 0.1) is 0 Å². The van der Waals surface area contributed by atoms with E-state index in [4.69, 9.17) is 4.74 Å². The van der Waals surface area contributed by atoms with Crippen molar-refractivity contribution in [1.82, 2.24) is 0 Å². The lowest BCUT2D eigenvalue weighted by atomic mass is 9.69. The Kier molecular flexibility index (Phi) is 4.19. The van der Waals surface area contributed by atoms with E-state index in [-0.39, 0.29) is 0 Å². The van der Waals surface area contributed by atoms with Crippen LogP contribution in [0.3, 0.4) is 0 Å². The minimum absolute atomic E-state index is 0.398. The normalized spacial score (nSPS) is 19.7. The lowest BCUT2D eigenvalue weighted by Gasteiger charge is -2.40. The summed E-state index contributed by atoms with van der Waals surface area (Å²) in [4.78, 5) is 15.2. The van der Waals surface area contributed by atoms with Crippen LogP contribution < -0.4 is 4.74 Å². The number of nitrogens with zero attached hydrogens (tertiary/aromatic N) is 1. The van der Waals surface area contributed by atoms with Gasteiger partial charge in [0.05, 0.1) is 11.6 Å². The van der Waals surface area contributed by atoms with E-state index in [0.29, 0.717) is 0 Å². The highest BCUT2D eigenvalue weighted by molar-refractivity contribution is 9.10. The highest BCUT2D eigenvalue weighted by Crippen LogP contribution is 2.52. The zero-order valence-corrected chi connectivity index (χ0v) is 14.0. The highest BCUT2D eigenvalue weighted by atomic mass is 79.9. The molecule has 0 aromatic heterocycles. The van der Waals surface area contributed by atoms with Crippen molar-refractivity contribution in [3.63, 3.8) is 0 Å². The smallest absolute Gasteiger partial charge is 0.235 e. The van der Waals surface area contributed by atoms with Gasteiger partial charge in [0.2, 0.25) is 6.08 Å². The molecule has 0 saturated heterocycles. The second kappa shape index (κ2) is 5.94. The number of carbonyl (C=O) groups excluding carboxylic acids is 1. The number of methoxy groups -OCH3 is 1. The van der Waals surface area contributed by atoms with Gasteiger partial charge in [0.1, 0.15) is 11.3 Å². The van der Waals surface area contributed by atoms with E-state index in [9.17, 15) is 4.79 Å². The predicted molar refractivity (Wildman–Crippen MR) is 85.6 cm³/mol. The molecule has 1 saturated carbocycles. The number of aryl methyl sites for hydroxylation is 1. The fraction of sp³-hybridized carbons (Fsp3) is 0.588. The van der Waals surface area contributed by atoms with Crippen LogP contribution >= 0.6 is 15.9 Å². The molecule has 0 bridgehead atoms. The standard InChI is InChI=1S/C17H20BrNO2/c1-21-16-14(18)10-12-6-3-2-4-7-13(12)15(16)17(19-11-20)8-5-9-17/h10H,2-9H2,1H3. The topological polar surface area (TPSA) is 38.7 Å². The summed E-state index contributed by atoms with van der Waals surface area (Å²) in [5.41, 5.74) is 3.50. The first kappa shape index (κ1) is 14.8. The van der Waals surface area contributed by atoms with Gasteiger partial charge >= 0.3 is 0 Å². The molecule has 0 N–H and O–H groups in total. The summed E-state index contributed by atoms with van der Waals surface area (Å²) in [7, 11) is 1.70. The lowest BCUT2D eigenvalue weighted by Crippen LogP contribution is -2.34. The largest absolute Gasteiger partial charge is 0.495 e. The monoisotopic (exact) mass is 349 g/mol. The number of benzene rings is 1. The van der Waals surface area contributed by atoms with Crippen molar-refractivity contribution in [3.05, 3.63) is 27.2 Å². The quantitative estimate of drug-likeness (QED) is 0.459. The Morgan fingerprint density at radius 2 is 2.00 bits per heavy atom. The molecule has 0 unspecified atom stereocenters. The van der Waals surface area contributed by atoms with E-state index in [1.807, 2.05) is 0 Å². The van der Waals surface area contributed by atoms with Crippen LogP contribution in [0.2, 0.25) is 0 Å². The van der Waals surface area contributed by atoms with Gasteiger partial charge in [0, 0.05) is 5.56 Å². The maximum Gasteiger partial charge on any atom is 0.235 e. The summed E-state index contributed by atoms with van der Waals surface area (Å²) >= 11 is 3.64. The van der Waals surface area contributed by atoms with Gasteiger partial charge in [-0.3, -0.25) is 0 Å². The molecule has 1 aromatic carbocycles. The molecule has 3 rings (SSSR count). The van der Waals surface area contributed by atoms with Gasteiger partial charge in [0.15, 0.2) is 0 Å². The SMILES string of the molecule is COc1c(Br)cc2c(c1C1(N=C=O)CCC1)CCCCC2. The molecule has 112 valence electrons. The maximum atomic E-state index is 11.0. The van der Waals surface area contributed by atoms with E-state index in [0.717, 1.165) is 47.9 Å². The predicted octanol–water partition coefficient (Wildman–Crippen LogP) is 4.44. The molecule has 1 fully saturated rings. The van der Waals surface area contributed by atoms with Crippen LogP contribution in [0.15, 0.2) is 15.5 Å². The number of isocyanates is 1. The molecule has 2 aliphatic carbocycles. The van der Waals surface area contributed by atoms with Crippen molar-refractivity contribution in [2.24, 2.45) is 4.99 Å². The first-order chi connectivity index (χ1) is 10.2. The molecule has 21 heavy (non-hydrogen) atoms. The molecular weight excluding hydrogens is 330 g/mol. The van der Waals surface area contributed by atoms with E-state index in [1.165, 1.54) is 30.4 Å². The number of hydrogen-bond acceptors (Lipinski definition) is 3. The first-order valence-corrected chi connectivity index (χ1v) is 8.49. The highest BCUT2D eigenvalue weighted by Gasteiger charge is 2.43. The molecule has 1 aromatic rings. The van der Waals surface area contributed by atoms with Crippen LogP contribution in [0.25, 0.3) is 0 Å². The van der Waals surface area contributed by atoms with Crippen LogP contribution in [-0.2, 0) is 23.2 Å². The molecule has 2 aliphatic rings. The van der Waals surface area contributed by atoms with Gasteiger partial charge in [-0.25, -0.2) is 4.79 Å². The van der Waals surface area contributed by atoms with Crippen LogP contribution in [0.5, 0.6) is 5.75 Å². The zero-order valence-electron chi connectivity index (χ0n) is 12.4. The Labute approximate surface area is 133 Å². The van der Waals surface area contributed by atoms with E-state index < -0.39 is 5.54 Å². The number of aliphatic imine (C=N–C) groups is 1. The first-order valence-electron chi connectivity index (χ1n) is 7.69. The van der Waals surface area contributed by atoms with Gasteiger partial charge in [-0.1, -0.05) is 6.42 Å². The van der Waals surface area contributed by atoms with Crippen molar-refractivity contribution < 1.29 is 9.53 Å². The van der Waals surface area contributed by atoms with Crippen LogP contribution in [-0.4, -0.2) is 13.2 Å². The van der Waals surface area contributed by atoms with E-state index in [2.05, 4.69) is 27.0 Å². The molecule has 0 radical (unpaired) electrons. The summed E-state index contributed by atoms with van der Waals surface area (Å²) in [6.45, 7) is 0. The Morgan fingerprint density at radius 3 is 2.62 bits per heavy atom. The minimum atomic E-state index is -0.398. The van der Waals surface area contributed by atoms with E-state index in [1.54, 1.807) is 13.2 Å². The Balaban J connectivity index is 2.25. The molecule has 3 nitrogen and oxygen atoms in total. The molecule has 0 atom stereocenters. The minimum Gasteiger partial charge on any atom is -0.495 e. The second-order valence-corrected chi connectivity index (χ2v) is 6.91. The lowest BCUT2D eigenvalue weighted by molar-refractivity contribution is 0.243. The zero-order chi connectivity index (χ0) is 14.9. The molecule has 0 amide bonds. The number of halogens is 1. The van der Waals surface area contributed by atoms with Gasteiger partial charge < -0.3 is 4.74 Å². The fourth-order valence-electron chi connectivity index (χ4n) is 3.73. The number of fused-ring (bicyclic) bond motifs is 1. The van der Waals surface area contributed by atoms with Crippen molar-refractivity contribution in [2.45, 2.75) is 56.9 Å². The third-order valence-corrected chi connectivity index (χ3v) is 5.51. The fourth-order valence-corrected chi connectivity index (χ4v) is 4.37. The number of hydrogen-bond donors (Lipinski definition) is 0. The average Bonchev–Trinajstić information content (AvgIpc) is 2.66. The van der Waals surface area contributed by atoms with Gasteiger partial charge in [-0.2, -0.15) is 4.99 Å². The van der Waals surface area contributed by atoms with Crippen molar-refractivity contribution in [3.8, 4) is 5.75 Å². The molecule has 0 aliphatic heterocycles. The Morgan fingerprint density at radius 1 is 1.24 bits per heavy atom. The van der Waals surface area contributed by atoms with Crippen molar-refractivity contribution in [1.29, 1.82) is 0 Å². The Hall–Kier alpha value is -1.12. The molecule has 0 spiro atoms. The van der Waals surface area contributed by atoms with Crippen LogP contribution in [0.4, 0.5) is 0 Å². The summed E-state index contributed by atoms with van der Waals surface area (Å²) in [5.74, 6) is 0.856. The average molecular weight is 350 g/mol. The van der Waals surface area contributed by atoms with Crippen LogP contribution in [0.1, 0.15) is 55.2 Å². The molecule has 4 heteroatoms. The summed E-state index contributed by atoms with van der Waals surface area (Å²) in [6.07, 6.45) is 10.6. The van der Waals surface area contributed by atoms with Crippen molar-refractivity contribution >= 4 is 22.0 Å². The van der Waals surface area contributed by atoms with Gasteiger partial charge in [0.25, 0.3) is 0 Å². The maximum absolute atomic E-state index is 11.0. The Bertz CT molecular complexity index is 601. The number of rotatable bonds is 3. The van der Waals surface area contributed by atoms with Gasteiger partial charge in [-0.05, 0) is 78.1 Å².